The normalized spacial score (nSPS) is 30.2. The molecule has 1 spiro atoms. The molecule has 0 aromatic rings. The molecule has 1 aliphatic carbocycles. The molecule has 4 fully saturated rings. The summed E-state index contributed by atoms with van der Waals surface area (Å²) in [6, 6.07) is 0.0631. The predicted molar refractivity (Wildman–Crippen MR) is 123 cm³/mol. The molecule has 0 unspecified atom stereocenters. The molecule has 0 aromatic carbocycles. The van der Waals surface area contributed by atoms with Crippen molar-refractivity contribution in [2.45, 2.75) is 37.5 Å². The van der Waals surface area contributed by atoms with E-state index in [1.165, 1.54) is 4.90 Å². The average molecular weight is 468 g/mol. The maximum atomic E-state index is 13.4. The zero-order valence-electron chi connectivity index (χ0n) is 20.2. The van der Waals surface area contributed by atoms with Crippen molar-refractivity contribution >= 4 is 11.9 Å². The zero-order valence-corrected chi connectivity index (χ0v) is 20.2. The fraction of sp³-hybridized carbons (Fsp3) is 0.913. The van der Waals surface area contributed by atoms with Crippen LogP contribution in [-0.2, 0) is 19.0 Å². The number of amides is 3. The van der Waals surface area contributed by atoms with E-state index < -0.39 is 5.79 Å². The molecule has 3 aliphatic heterocycles. The lowest BCUT2D eigenvalue weighted by Crippen LogP contribution is -2.57. The summed E-state index contributed by atoms with van der Waals surface area (Å²) in [6.45, 7) is 7.90. The smallest absolute Gasteiger partial charge is 0.324 e. The van der Waals surface area contributed by atoms with E-state index in [-0.39, 0.29) is 24.4 Å². The van der Waals surface area contributed by atoms with E-state index in [0.717, 1.165) is 58.4 Å². The van der Waals surface area contributed by atoms with Gasteiger partial charge in [-0.3, -0.25) is 14.6 Å². The molecule has 0 radical (unpaired) electrons. The van der Waals surface area contributed by atoms with Crippen molar-refractivity contribution in [3.8, 4) is 0 Å². The van der Waals surface area contributed by atoms with Gasteiger partial charge in [0.1, 0.15) is 0 Å². The van der Waals surface area contributed by atoms with Crippen LogP contribution in [0.25, 0.3) is 0 Å². The molecular weight excluding hydrogens is 426 g/mol. The number of nitrogens with one attached hydrogen (secondary N) is 2. The van der Waals surface area contributed by atoms with Gasteiger partial charge in [-0.1, -0.05) is 0 Å². The number of imide groups is 1. The van der Waals surface area contributed by atoms with Crippen LogP contribution in [0.3, 0.4) is 0 Å². The first-order valence-electron chi connectivity index (χ1n) is 12.5. The largest absolute Gasteiger partial charge is 0.383 e. The maximum Gasteiger partial charge on any atom is 0.324 e. The van der Waals surface area contributed by atoms with E-state index in [2.05, 4.69) is 27.5 Å². The van der Waals surface area contributed by atoms with Gasteiger partial charge < -0.3 is 29.7 Å². The molecule has 188 valence electrons. The minimum absolute atomic E-state index is 0.122. The summed E-state index contributed by atoms with van der Waals surface area (Å²) >= 11 is 0. The van der Waals surface area contributed by atoms with Gasteiger partial charge in [0.05, 0.1) is 32.3 Å². The molecule has 4 aliphatic rings. The number of carbonyl (C=O) groups excluding carboxylic acids is 2. The number of piperidine rings is 1. The number of urea groups is 1. The Balaban J connectivity index is 1.30. The van der Waals surface area contributed by atoms with Crippen LogP contribution in [0.5, 0.6) is 0 Å². The summed E-state index contributed by atoms with van der Waals surface area (Å²) in [5.41, 5.74) is 0. The highest BCUT2D eigenvalue weighted by molar-refractivity contribution is 5.95. The van der Waals surface area contributed by atoms with Gasteiger partial charge in [0.25, 0.3) is 0 Å². The third-order valence-corrected chi connectivity index (χ3v) is 7.69. The Labute approximate surface area is 197 Å². The molecule has 3 atom stereocenters. The summed E-state index contributed by atoms with van der Waals surface area (Å²) in [4.78, 5) is 32.4. The Morgan fingerprint density at radius 2 is 1.97 bits per heavy atom. The lowest BCUT2D eigenvalue weighted by molar-refractivity contribution is -0.195. The standard InChI is InChI=1S/C23H41N5O5/c1-26-7-9-27(10-8-26)6-5-24-22(30)28(11-12-31-2)21(29)19-15-18-16-23(32-13-14-33-23)4-3-20(18)25-17-19/h18-20,25H,3-17H2,1-2H3,(H,24,30)/t18-,19-,20-/m1/s1. The predicted octanol–water partition coefficient (Wildman–Crippen LogP) is -0.0603. The second kappa shape index (κ2) is 11.4. The molecule has 3 amide bonds. The van der Waals surface area contributed by atoms with Crippen molar-refractivity contribution in [3.63, 3.8) is 0 Å². The fourth-order valence-corrected chi connectivity index (χ4v) is 5.66. The van der Waals surface area contributed by atoms with Gasteiger partial charge in [0.15, 0.2) is 5.79 Å². The zero-order chi connectivity index (χ0) is 23.3. The highest BCUT2D eigenvalue weighted by atomic mass is 16.7. The van der Waals surface area contributed by atoms with Crippen molar-refractivity contribution in [2.24, 2.45) is 11.8 Å². The highest BCUT2D eigenvalue weighted by Crippen LogP contribution is 2.42. The number of nitrogens with zero attached hydrogens (tertiary/aromatic N) is 3. The second-order valence-corrected chi connectivity index (χ2v) is 9.92. The topological polar surface area (TPSA) is 95.6 Å². The summed E-state index contributed by atoms with van der Waals surface area (Å²) in [7, 11) is 3.71. The molecule has 3 heterocycles. The number of hydrogen-bond donors (Lipinski definition) is 2. The number of rotatable bonds is 7. The Bertz CT molecular complexity index is 666. The van der Waals surface area contributed by atoms with Gasteiger partial charge in [-0.15, -0.1) is 0 Å². The van der Waals surface area contributed by atoms with Crippen LogP contribution in [0.15, 0.2) is 0 Å². The van der Waals surface area contributed by atoms with E-state index in [4.69, 9.17) is 14.2 Å². The van der Waals surface area contributed by atoms with Gasteiger partial charge in [-0.2, -0.15) is 0 Å². The van der Waals surface area contributed by atoms with Crippen LogP contribution in [0.4, 0.5) is 4.79 Å². The molecule has 10 heteroatoms. The molecule has 4 rings (SSSR count). The molecule has 33 heavy (non-hydrogen) atoms. The first kappa shape index (κ1) is 24.8. The van der Waals surface area contributed by atoms with Crippen LogP contribution >= 0.6 is 0 Å². The van der Waals surface area contributed by atoms with Crippen LogP contribution in [0.1, 0.15) is 25.7 Å². The molecule has 0 bridgehead atoms. The van der Waals surface area contributed by atoms with Crippen molar-refractivity contribution in [3.05, 3.63) is 0 Å². The van der Waals surface area contributed by atoms with Gasteiger partial charge in [-0.25, -0.2) is 4.79 Å². The van der Waals surface area contributed by atoms with Crippen molar-refractivity contribution in [1.29, 1.82) is 0 Å². The van der Waals surface area contributed by atoms with E-state index in [0.29, 0.717) is 44.9 Å². The highest BCUT2D eigenvalue weighted by Gasteiger charge is 2.48. The molecule has 10 nitrogen and oxygen atoms in total. The van der Waals surface area contributed by atoms with E-state index >= 15 is 0 Å². The molecule has 1 saturated carbocycles. The number of likely N-dealkylation sites (N-methyl/N-ethyl adjacent to an activating group) is 1. The lowest BCUT2D eigenvalue weighted by Gasteiger charge is -2.46. The first-order chi connectivity index (χ1) is 16.0. The minimum Gasteiger partial charge on any atom is -0.383 e. The van der Waals surface area contributed by atoms with Crippen LogP contribution < -0.4 is 10.6 Å². The third-order valence-electron chi connectivity index (χ3n) is 7.69. The average Bonchev–Trinajstić information content (AvgIpc) is 3.27. The quantitative estimate of drug-likeness (QED) is 0.538. The van der Waals surface area contributed by atoms with E-state index in [1.807, 2.05) is 0 Å². The SMILES string of the molecule is COCCN(C(=O)NCCN1CCN(C)CC1)C(=O)[C@H]1CN[C@@H]2CCC3(C[C@H]2C1)OCCO3. The monoisotopic (exact) mass is 467 g/mol. The van der Waals surface area contributed by atoms with Crippen molar-refractivity contribution in [2.75, 3.05) is 86.3 Å². The molecule has 2 N–H and O–H groups in total. The summed E-state index contributed by atoms with van der Waals surface area (Å²) < 4.78 is 17.0. The summed E-state index contributed by atoms with van der Waals surface area (Å²) in [5.74, 6) is -0.514. The number of methoxy groups -OCH3 is 1. The Hall–Kier alpha value is -1.30. The van der Waals surface area contributed by atoms with Crippen molar-refractivity contribution in [1.82, 2.24) is 25.3 Å². The third kappa shape index (κ3) is 6.23. The van der Waals surface area contributed by atoms with Gasteiger partial charge in [0, 0.05) is 71.8 Å². The van der Waals surface area contributed by atoms with Gasteiger partial charge >= 0.3 is 6.03 Å². The summed E-state index contributed by atoms with van der Waals surface area (Å²) in [6.07, 6.45) is 3.45. The Kier molecular flexibility index (Phi) is 8.59. The minimum atomic E-state index is -0.468. The number of fused-ring (bicyclic) bond motifs is 1. The fourth-order valence-electron chi connectivity index (χ4n) is 5.66. The number of carbonyl (C=O) groups is 2. The maximum absolute atomic E-state index is 13.4. The Morgan fingerprint density at radius 3 is 2.70 bits per heavy atom. The number of ether oxygens (including phenoxy) is 3. The Morgan fingerprint density at radius 1 is 1.21 bits per heavy atom. The van der Waals surface area contributed by atoms with Crippen LogP contribution in [0, 0.1) is 11.8 Å². The lowest BCUT2D eigenvalue weighted by atomic mass is 9.73. The summed E-state index contributed by atoms with van der Waals surface area (Å²) in [5, 5.41) is 6.53. The van der Waals surface area contributed by atoms with Gasteiger partial charge in [0.2, 0.25) is 5.91 Å². The van der Waals surface area contributed by atoms with E-state index in [9.17, 15) is 9.59 Å². The second-order valence-electron chi connectivity index (χ2n) is 9.92. The van der Waals surface area contributed by atoms with E-state index in [1.54, 1.807) is 7.11 Å². The number of hydrogen-bond acceptors (Lipinski definition) is 8. The molecule has 0 aromatic heterocycles. The molecule has 3 saturated heterocycles. The van der Waals surface area contributed by atoms with Gasteiger partial charge in [-0.05, 0) is 25.8 Å². The molecular formula is C23H41N5O5. The van der Waals surface area contributed by atoms with Crippen molar-refractivity contribution < 1.29 is 23.8 Å². The van der Waals surface area contributed by atoms with Crippen LogP contribution in [-0.4, -0.2) is 125 Å². The van der Waals surface area contributed by atoms with Crippen LogP contribution in [0.2, 0.25) is 0 Å². The first-order valence-corrected chi connectivity index (χ1v) is 12.5. The number of piperazine rings is 1.